The molecule has 0 unspecified atom stereocenters. The summed E-state index contributed by atoms with van der Waals surface area (Å²) in [6.45, 7) is 2.76. The Morgan fingerprint density at radius 1 is 1.12 bits per heavy atom. The predicted molar refractivity (Wildman–Crippen MR) is 102 cm³/mol. The van der Waals surface area contributed by atoms with Crippen molar-refractivity contribution in [3.8, 4) is 5.75 Å². The van der Waals surface area contributed by atoms with Crippen LogP contribution < -0.4 is 10.1 Å². The highest BCUT2D eigenvalue weighted by molar-refractivity contribution is 5.95. The van der Waals surface area contributed by atoms with Gasteiger partial charge in [0.05, 0.1) is 30.1 Å². The highest BCUT2D eigenvalue weighted by Gasteiger charge is 2.11. The fourth-order valence-electron chi connectivity index (χ4n) is 3.05. The molecule has 0 saturated heterocycles. The van der Waals surface area contributed by atoms with Crippen LogP contribution in [0.4, 0.5) is 0 Å². The van der Waals surface area contributed by atoms with E-state index in [2.05, 4.69) is 22.4 Å². The van der Waals surface area contributed by atoms with Crippen LogP contribution in [0.2, 0.25) is 0 Å². The number of pyridine rings is 1. The van der Waals surface area contributed by atoms with Gasteiger partial charge in [-0.2, -0.15) is 0 Å². The first kappa shape index (κ1) is 16.1. The van der Waals surface area contributed by atoms with E-state index in [0.29, 0.717) is 18.7 Å². The molecule has 130 valence electrons. The summed E-state index contributed by atoms with van der Waals surface area (Å²) < 4.78 is 7.66. The van der Waals surface area contributed by atoms with E-state index in [9.17, 15) is 4.79 Å². The van der Waals surface area contributed by atoms with E-state index in [0.717, 1.165) is 22.3 Å². The van der Waals surface area contributed by atoms with Gasteiger partial charge in [0.25, 0.3) is 5.91 Å². The van der Waals surface area contributed by atoms with Gasteiger partial charge >= 0.3 is 0 Å². The molecule has 0 fully saturated rings. The number of hydrogen-bond donors (Lipinski definition) is 1. The van der Waals surface area contributed by atoms with E-state index < -0.39 is 0 Å². The van der Waals surface area contributed by atoms with Gasteiger partial charge in [0.2, 0.25) is 0 Å². The van der Waals surface area contributed by atoms with Crippen molar-refractivity contribution in [2.24, 2.45) is 0 Å². The van der Waals surface area contributed by atoms with E-state index in [-0.39, 0.29) is 5.91 Å². The number of carbonyl (C=O) groups excluding carboxylic acids is 1. The van der Waals surface area contributed by atoms with Crippen LogP contribution in [0, 0.1) is 6.92 Å². The Balaban J connectivity index is 1.36. The molecule has 1 N–H and O–H groups in total. The molecule has 0 atom stereocenters. The number of carbonyl (C=O) groups is 1. The Labute approximate surface area is 151 Å². The molecule has 0 aliphatic heterocycles. The molecule has 0 spiro atoms. The van der Waals surface area contributed by atoms with Crippen LogP contribution in [0.25, 0.3) is 16.3 Å². The topological polar surface area (TPSA) is 55.6 Å². The Morgan fingerprint density at radius 3 is 2.85 bits per heavy atom. The molecule has 2 aromatic carbocycles. The zero-order valence-corrected chi connectivity index (χ0v) is 14.5. The van der Waals surface area contributed by atoms with Gasteiger partial charge in [-0.3, -0.25) is 4.79 Å². The largest absolute Gasteiger partial charge is 0.492 e. The number of rotatable bonds is 5. The van der Waals surface area contributed by atoms with Crippen molar-refractivity contribution in [2.45, 2.75) is 6.92 Å². The molecule has 0 saturated carbocycles. The van der Waals surface area contributed by atoms with Gasteiger partial charge < -0.3 is 14.5 Å². The van der Waals surface area contributed by atoms with Gasteiger partial charge in [0, 0.05) is 5.69 Å². The number of imidazole rings is 1. The van der Waals surface area contributed by atoms with E-state index in [4.69, 9.17) is 4.74 Å². The van der Waals surface area contributed by atoms with E-state index in [1.165, 1.54) is 5.39 Å². The molecule has 0 radical (unpaired) electrons. The molecule has 2 heterocycles. The second kappa shape index (κ2) is 6.88. The molecule has 1 amide bonds. The molecule has 4 rings (SSSR count). The van der Waals surface area contributed by atoms with Crippen LogP contribution in [0.1, 0.15) is 16.1 Å². The first-order valence-electron chi connectivity index (χ1n) is 8.54. The normalized spacial score (nSPS) is 11.0. The summed E-state index contributed by atoms with van der Waals surface area (Å²) in [6.07, 6.45) is 3.48. The first-order valence-corrected chi connectivity index (χ1v) is 8.54. The van der Waals surface area contributed by atoms with Crippen molar-refractivity contribution in [1.82, 2.24) is 14.7 Å². The minimum Gasteiger partial charge on any atom is -0.492 e. The Morgan fingerprint density at radius 2 is 1.96 bits per heavy atom. The summed E-state index contributed by atoms with van der Waals surface area (Å²) in [4.78, 5) is 16.5. The lowest BCUT2D eigenvalue weighted by atomic mass is 10.1. The predicted octanol–water partition coefficient (Wildman–Crippen LogP) is 3.60. The van der Waals surface area contributed by atoms with Crippen LogP contribution in [-0.4, -0.2) is 28.4 Å². The van der Waals surface area contributed by atoms with Gasteiger partial charge in [0.1, 0.15) is 12.4 Å². The molecule has 2 aromatic heterocycles. The first-order chi connectivity index (χ1) is 12.7. The van der Waals surface area contributed by atoms with Crippen molar-refractivity contribution in [1.29, 1.82) is 0 Å². The molecular weight excluding hydrogens is 326 g/mol. The third kappa shape index (κ3) is 3.11. The Bertz CT molecular complexity index is 1080. The van der Waals surface area contributed by atoms with Gasteiger partial charge in [0.15, 0.2) is 0 Å². The maximum atomic E-state index is 12.4. The lowest BCUT2D eigenvalue weighted by Gasteiger charge is -2.11. The fraction of sp³-hybridized carbons (Fsp3) is 0.143. The number of amides is 1. The average Bonchev–Trinajstić information content (AvgIpc) is 3.15. The summed E-state index contributed by atoms with van der Waals surface area (Å²) in [6, 6.07) is 17.8. The minimum absolute atomic E-state index is 0.111. The quantitative estimate of drug-likeness (QED) is 0.562. The van der Waals surface area contributed by atoms with Crippen LogP contribution in [-0.2, 0) is 0 Å². The number of nitrogens with one attached hydrogen (secondary N) is 1. The SMILES string of the molecule is Cc1c(C(=O)NCCOc2ccc3ccccc3c2)ccc2cncn12. The minimum atomic E-state index is -0.111. The molecule has 26 heavy (non-hydrogen) atoms. The molecule has 0 bridgehead atoms. The monoisotopic (exact) mass is 345 g/mol. The lowest BCUT2D eigenvalue weighted by Crippen LogP contribution is -2.29. The van der Waals surface area contributed by atoms with Gasteiger partial charge in [-0.1, -0.05) is 30.3 Å². The van der Waals surface area contributed by atoms with Crippen molar-refractivity contribution < 1.29 is 9.53 Å². The van der Waals surface area contributed by atoms with E-state index in [1.807, 2.05) is 53.8 Å². The summed E-state index contributed by atoms with van der Waals surface area (Å²) in [5.41, 5.74) is 2.48. The van der Waals surface area contributed by atoms with Crippen LogP contribution >= 0.6 is 0 Å². The molecule has 0 aliphatic carbocycles. The zero-order chi connectivity index (χ0) is 17.9. The Kier molecular flexibility index (Phi) is 4.27. The third-order valence-corrected chi connectivity index (χ3v) is 4.46. The number of ether oxygens (including phenoxy) is 1. The molecule has 5 nitrogen and oxygen atoms in total. The number of nitrogens with zero attached hydrogens (tertiary/aromatic N) is 2. The number of hydrogen-bond acceptors (Lipinski definition) is 3. The van der Waals surface area contributed by atoms with Crippen LogP contribution in [0.15, 0.2) is 67.1 Å². The van der Waals surface area contributed by atoms with E-state index >= 15 is 0 Å². The Hall–Kier alpha value is -3.34. The summed E-state index contributed by atoms with van der Waals surface area (Å²) in [5, 5.41) is 5.22. The molecule has 4 aromatic rings. The molecule has 5 heteroatoms. The van der Waals surface area contributed by atoms with Crippen molar-refractivity contribution >= 4 is 22.2 Å². The number of fused-ring (bicyclic) bond motifs is 2. The van der Waals surface area contributed by atoms with E-state index in [1.54, 1.807) is 12.5 Å². The summed E-state index contributed by atoms with van der Waals surface area (Å²) >= 11 is 0. The van der Waals surface area contributed by atoms with Crippen molar-refractivity contribution in [3.05, 3.63) is 78.4 Å². The highest BCUT2D eigenvalue weighted by Crippen LogP contribution is 2.20. The number of benzene rings is 2. The third-order valence-electron chi connectivity index (χ3n) is 4.46. The van der Waals surface area contributed by atoms with Crippen LogP contribution in [0.3, 0.4) is 0 Å². The average molecular weight is 345 g/mol. The second-order valence-electron chi connectivity index (χ2n) is 6.13. The summed E-state index contributed by atoms with van der Waals surface area (Å²) in [5.74, 6) is 0.689. The van der Waals surface area contributed by atoms with Gasteiger partial charge in [-0.15, -0.1) is 0 Å². The van der Waals surface area contributed by atoms with Crippen molar-refractivity contribution in [3.63, 3.8) is 0 Å². The standard InChI is InChI=1S/C21H19N3O2/c1-15-20(9-7-18-13-22-14-24(15)18)21(25)23-10-11-26-19-8-6-16-4-2-3-5-17(16)12-19/h2-9,12-14H,10-11H2,1H3,(H,23,25). The van der Waals surface area contributed by atoms with Gasteiger partial charge in [-0.05, 0) is 42.0 Å². The highest BCUT2D eigenvalue weighted by atomic mass is 16.5. The van der Waals surface area contributed by atoms with Crippen LogP contribution in [0.5, 0.6) is 5.75 Å². The lowest BCUT2D eigenvalue weighted by molar-refractivity contribution is 0.0946. The smallest absolute Gasteiger partial charge is 0.253 e. The molecular formula is C21H19N3O2. The maximum Gasteiger partial charge on any atom is 0.253 e. The zero-order valence-electron chi connectivity index (χ0n) is 14.5. The summed E-state index contributed by atoms with van der Waals surface area (Å²) in [7, 11) is 0. The fourth-order valence-corrected chi connectivity index (χ4v) is 3.05. The maximum absolute atomic E-state index is 12.4. The second-order valence-corrected chi connectivity index (χ2v) is 6.13. The van der Waals surface area contributed by atoms with Gasteiger partial charge in [-0.25, -0.2) is 4.98 Å². The van der Waals surface area contributed by atoms with Crippen molar-refractivity contribution in [2.75, 3.05) is 13.2 Å². The number of aromatic nitrogens is 2. The molecule has 0 aliphatic rings. The number of aryl methyl sites for hydroxylation is 1.